The van der Waals surface area contributed by atoms with Gasteiger partial charge >= 0.3 is 0 Å². The summed E-state index contributed by atoms with van der Waals surface area (Å²) in [5.41, 5.74) is 4.64. The van der Waals surface area contributed by atoms with E-state index in [4.69, 9.17) is 4.84 Å². The lowest BCUT2D eigenvalue weighted by Gasteiger charge is -2.29. The molecule has 0 saturated heterocycles. The van der Waals surface area contributed by atoms with Crippen LogP contribution in [0.25, 0.3) is 0 Å². The van der Waals surface area contributed by atoms with Crippen LogP contribution < -0.4 is 5.48 Å². The Morgan fingerprint density at radius 2 is 1.24 bits per heavy atom. The molecule has 0 saturated carbocycles. The molecule has 0 aromatic heterocycles. The van der Waals surface area contributed by atoms with Gasteiger partial charge < -0.3 is 0 Å². The Kier molecular flexibility index (Phi) is 5.26. The van der Waals surface area contributed by atoms with Crippen LogP contribution in [0.5, 0.6) is 0 Å². The third-order valence-electron chi connectivity index (χ3n) is 4.40. The van der Waals surface area contributed by atoms with Gasteiger partial charge in [0.25, 0.3) is 5.91 Å². The molecule has 1 amide bonds. The number of hydroxylamine groups is 1. The monoisotopic (exact) mass is 331 g/mol. The minimum atomic E-state index is -0.834. The molecule has 3 heteroatoms. The molecule has 0 atom stereocenters. The zero-order valence-corrected chi connectivity index (χ0v) is 14.2. The molecule has 0 fully saturated rings. The van der Waals surface area contributed by atoms with Crippen molar-refractivity contribution in [3.05, 3.63) is 108 Å². The normalized spacial score (nSPS) is 11.1. The summed E-state index contributed by atoms with van der Waals surface area (Å²) in [6, 6.07) is 29.2. The number of hydrogen-bond acceptors (Lipinski definition) is 2. The van der Waals surface area contributed by atoms with Crippen LogP contribution in [0.1, 0.15) is 23.6 Å². The van der Waals surface area contributed by atoms with Gasteiger partial charge in [-0.25, -0.2) is 5.48 Å². The van der Waals surface area contributed by atoms with Crippen LogP contribution in [0, 0.1) is 0 Å². The lowest BCUT2D eigenvalue weighted by molar-refractivity contribution is -0.138. The van der Waals surface area contributed by atoms with Crippen LogP contribution in [-0.4, -0.2) is 5.91 Å². The van der Waals surface area contributed by atoms with Crippen molar-refractivity contribution in [2.45, 2.75) is 18.9 Å². The molecule has 126 valence electrons. The average molecular weight is 331 g/mol. The third kappa shape index (κ3) is 3.78. The predicted molar refractivity (Wildman–Crippen MR) is 98.7 cm³/mol. The number of carbonyl (C=O) groups is 1. The van der Waals surface area contributed by atoms with Crippen molar-refractivity contribution in [1.29, 1.82) is 0 Å². The molecule has 1 N–H and O–H groups in total. The molecule has 0 bridgehead atoms. The van der Waals surface area contributed by atoms with Crippen LogP contribution in [0.15, 0.2) is 91.0 Å². The first kappa shape index (κ1) is 16.9. The molecule has 3 nitrogen and oxygen atoms in total. The zero-order chi connectivity index (χ0) is 17.5. The van der Waals surface area contributed by atoms with Crippen molar-refractivity contribution in [3.63, 3.8) is 0 Å². The van der Waals surface area contributed by atoms with Gasteiger partial charge in [-0.05, 0) is 23.6 Å². The summed E-state index contributed by atoms with van der Waals surface area (Å²) in [4.78, 5) is 18.5. The van der Waals surface area contributed by atoms with Gasteiger partial charge in [0.1, 0.15) is 0 Å². The Hall–Kier alpha value is -2.91. The van der Waals surface area contributed by atoms with E-state index in [-0.39, 0.29) is 5.91 Å². The van der Waals surface area contributed by atoms with Crippen LogP contribution in [0.3, 0.4) is 0 Å². The number of benzene rings is 3. The van der Waals surface area contributed by atoms with E-state index < -0.39 is 5.41 Å². The van der Waals surface area contributed by atoms with E-state index in [1.165, 1.54) is 0 Å². The predicted octanol–water partition coefficient (Wildman–Crippen LogP) is 4.24. The van der Waals surface area contributed by atoms with Gasteiger partial charge in [0.15, 0.2) is 0 Å². The second-order valence-corrected chi connectivity index (χ2v) is 6.06. The first-order chi connectivity index (χ1) is 12.2. The summed E-state index contributed by atoms with van der Waals surface area (Å²) in [7, 11) is 0. The maximum atomic E-state index is 13.0. The summed E-state index contributed by atoms with van der Waals surface area (Å²) >= 11 is 0. The first-order valence-electron chi connectivity index (χ1n) is 8.28. The van der Waals surface area contributed by atoms with Gasteiger partial charge in [-0.1, -0.05) is 91.0 Å². The average Bonchev–Trinajstić information content (AvgIpc) is 2.69. The van der Waals surface area contributed by atoms with Crippen molar-refractivity contribution in [3.8, 4) is 0 Å². The molecule has 0 spiro atoms. The maximum Gasteiger partial charge on any atom is 0.258 e. The van der Waals surface area contributed by atoms with Crippen molar-refractivity contribution in [2.75, 3.05) is 0 Å². The molecule has 0 heterocycles. The molecule has 0 radical (unpaired) electrons. The van der Waals surface area contributed by atoms with Crippen LogP contribution >= 0.6 is 0 Å². The zero-order valence-electron chi connectivity index (χ0n) is 14.2. The summed E-state index contributed by atoms with van der Waals surface area (Å²) in [6.07, 6.45) is 0. The summed E-state index contributed by atoms with van der Waals surface area (Å²) < 4.78 is 0. The lowest BCUT2D eigenvalue weighted by atomic mass is 9.75. The highest BCUT2D eigenvalue weighted by atomic mass is 16.6. The molecule has 3 rings (SSSR count). The fourth-order valence-corrected chi connectivity index (χ4v) is 2.83. The second-order valence-electron chi connectivity index (χ2n) is 6.06. The molecular formula is C22H21NO2. The summed E-state index contributed by atoms with van der Waals surface area (Å²) in [6.45, 7) is 2.24. The van der Waals surface area contributed by atoms with Gasteiger partial charge in [-0.15, -0.1) is 0 Å². The molecule has 3 aromatic rings. The molecule has 0 aliphatic rings. The molecule has 0 unspecified atom stereocenters. The fraction of sp³-hybridized carbons (Fsp3) is 0.136. The van der Waals surface area contributed by atoms with Crippen molar-refractivity contribution >= 4 is 5.91 Å². The Morgan fingerprint density at radius 3 is 1.72 bits per heavy atom. The van der Waals surface area contributed by atoms with Crippen LogP contribution in [-0.2, 0) is 21.7 Å². The second kappa shape index (κ2) is 7.77. The summed E-state index contributed by atoms with van der Waals surface area (Å²) in [5.74, 6) is -0.194. The van der Waals surface area contributed by atoms with Crippen molar-refractivity contribution in [2.24, 2.45) is 0 Å². The SMILES string of the molecule is CC(C(=O)NOCc1ccccc1)(c1ccccc1)c1ccccc1. The maximum absolute atomic E-state index is 13.0. The van der Waals surface area contributed by atoms with Crippen molar-refractivity contribution in [1.82, 2.24) is 5.48 Å². The molecule has 25 heavy (non-hydrogen) atoms. The standard InChI is InChI=1S/C22H21NO2/c1-22(19-13-7-3-8-14-19,20-15-9-4-10-16-20)21(24)23-25-17-18-11-5-2-6-12-18/h2-16H,17H2,1H3,(H,23,24). The minimum absolute atomic E-state index is 0.194. The van der Waals surface area contributed by atoms with Crippen molar-refractivity contribution < 1.29 is 9.63 Å². The van der Waals surface area contributed by atoms with Gasteiger partial charge in [0.05, 0.1) is 12.0 Å². The van der Waals surface area contributed by atoms with E-state index in [9.17, 15) is 4.79 Å². The van der Waals surface area contributed by atoms with Gasteiger partial charge in [0.2, 0.25) is 0 Å². The Bertz CT molecular complexity index is 762. The smallest absolute Gasteiger partial charge is 0.258 e. The lowest BCUT2D eigenvalue weighted by Crippen LogP contribution is -2.43. The Morgan fingerprint density at radius 1 is 0.800 bits per heavy atom. The fourth-order valence-electron chi connectivity index (χ4n) is 2.83. The van der Waals surface area contributed by atoms with E-state index in [0.717, 1.165) is 16.7 Å². The Labute approximate surface area is 148 Å². The Balaban J connectivity index is 1.81. The molecule has 3 aromatic carbocycles. The quantitative estimate of drug-likeness (QED) is 0.686. The topological polar surface area (TPSA) is 38.3 Å². The first-order valence-corrected chi connectivity index (χ1v) is 8.28. The van der Waals surface area contributed by atoms with Gasteiger partial charge in [0, 0.05) is 0 Å². The number of rotatable bonds is 6. The highest BCUT2D eigenvalue weighted by Crippen LogP contribution is 2.32. The minimum Gasteiger partial charge on any atom is -0.271 e. The van der Waals surface area contributed by atoms with Gasteiger partial charge in [-0.2, -0.15) is 0 Å². The highest BCUT2D eigenvalue weighted by Gasteiger charge is 2.37. The van der Waals surface area contributed by atoms with Crippen LogP contribution in [0.4, 0.5) is 0 Å². The third-order valence-corrected chi connectivity index (χ3v) is 4.40. The number of hydrogen-bond donors (Lipinski definition) is 1. The molecular weight excluding hydrogens is 310 g/mol. The number of amides is 1. The number of carbonyl (C=O) groups excluding carboxylic acids is 1. The van der Waals surface area contributed by atoms with E-state index in [1.54, 1.807) is 0 Å². The van der Waals surface area contributed by atoms with Crippen LogP contribution in [0.2, 0.25) is 0 Å². The molecule has 0 aliphatic heterocycles. The number of nitrogens with one attached hydrogen (secondary N) is 1. The van der Waals surface area contributed by atoms with E-state index in [2.05, 4.69) is 5.48 Å². The largest absolute Gasteiger partial charge is 0.271 e. The van der Waals surface area contributed by atoms with E-state index >= 15 is 0 Å². The van der Waals surface area contributed by atoms with Gasteiger partial charge in [-0.3, -0.25) is 9.63 Å². The van der Waals surface area contributed by atoms with E-state index in [1.807, 2.05) is 97.9 Å². The van der Waals surface area contributed by atoms with E-state index in [0.29, 0.717) is 6.61 Å². The summed E-state index contributed by atoms with van der Waals surface area (Å²) in [5, 5.41) is 0. The molecule has 0 aliphatic carbocycles. The highest BCUT2D eigenvalue weighted by molar-refractivity contribution is 5.90.